The molecule has 4 N–H and O–H groups in total. The van der Waals surface area contributed by atoms with E-state index in [0.29, 0.717) is 30.3 Å². The van der Waals surface area contributed by atoms with Crippen LogP contribution in [0.5, 0.6) is 17.2 Å². The summed E-state index contributed by atoms with van der Waals surface area (Å²) < 4.78 is 32.7. The van der Waals surface area contributed by atoms with E-state index >= 15 is 0 Å². The second-order valence-electron chi connectivity index (χ2n) is 8.46. The molecular weight excluding hydrogens is 492 g/mol. The molecule has 37 heavy (non-hydrogen) atoms. The second kappa shape index (κ2) is 10.00. The van der Waals surface area contributed by atoms with Gasteiger partial charge in [-0.25, -0.2) is 4.79 Å². The van der Waals surface area contributed by atoms with Gasteiger partial charge in [0, 0.05) is 6.07 Å². The number of methoxy groups -OCH3 is 1. The minimum atomic E-state index is -1.64. The number of fused-ring (bicyclic) bond motifs is 2. The molecule has 12 heteroatoms. The molecule has 0 unspecified atom stereocenters. The molecule has 3 heterocycles. The molecule has 3 aromatic rings. The molecule has 0 bridgehead atoms. The van der Waals surface area contributed by atoms with Crippen LogP contribution in [0.15, 0.2) is 45.6 Å². The highest BCUT2D eigenvalue weighted by atomic mass is 16.7. The summed E-state index contributed by atoms with van der Waals surface area (Å²) >= 11 is 0. The van der Waals surface area contributed by atoms with Crippen molar-refractivity contribution in [1.29, 1.82) is 0 Å². The lowest BCUT2D eigenvalue weighted by Gasteiger charge is -2.39. The fourth-order valence-corrected chi connectivity index (χ4v) is 4.24. The molecule has 0 spiro atoms. The van der Waals surface area contributed by atoms with E-state index in [-0.39, 0.29) is 28.0 Å². The van der Waals surface area contributed by atoms with E-state index in [0.717, 1.165) is 7.11 Å². The Kier molecular flexibility index (Phi) is 6.75. The summed E-state index contributed by atoms with van der Waals surface area (Å²) in [6.07, 6.45) is -7.42. The smallest absolute Gasteiger partial charge is 0.374 e. The largest absolute Gasteiger partial charge is 0.486 e. The Hall–Kier alpha value is -3.68. The lowest BCUT2D eigenvalue weighted by molar-refractivity contribution is -0.277. The van der Waals surface area contributed by atoms with E-state index in [1.54, 1.807) is 18.2 Å². The van der Waals surface area contributed by atoms with Crippen LogP contribution in [0, 0.1) is 0 Å². The quantitative estimate of drug-likeness (QED) is 0.340. The van der Waals surface area contributed by atoms with Crippen LogP contribution in [0.1, 0.15) is 10.6 Å². The zero-order valence-electron chi connectivity index (χ0n) is 19.5. The molecular formula is C25H24O12. The lowest BCUT2D eigenvalue weighted by atomic mass is 9.99. The van der Waals surface area contributed by atoms with E-state index in [1.807, 2.05) is 0 Å². The summed E-state index contributed by atoms with van der Waals surface area (Å²) in [5.74, 6) is -0.245. The third-order valence-electron chi connectivity index (χ3n) is 6.17. The van der Waals surface area contributed by atoms with Gasteiger partial charge in [0.1, 0.15) is 49.0 Å². The summed E-state index contributed by atoms with van der Waals surface area (Å²) in [5, 5.41) is 39.7. The summed E-state index contributed by atoms with van der Waals surface area (Å²) in [5.41, 5.74) is -0.202. The van der Waals surface area contributed by atoms with Crippen LogP contribution >= 0.6 is 0 Å². The van der Waals surface area contributed by atoms with Crippen LogP contribution in [-0.4, -0.2) is 84.0 Å². The molecule has 2 aliphatic rings. The van der Waals surface area contributed by atoms with E-state index in [2.05, 4.69) is 0 Å². The van der Waals surface area contributed by atoms with Gasteiger partial charge in [0.15, 0.2) is 11.5 Å². The molecule has 12 nitrogen and oxygen atoms in total. The Labute approximate surface area is 209 Å². The maximum Gasteiger partial charge on any atom is 0.374 e. The van der Waals surface area contributed by atoms with Gasteiger partial charge in [-0.3, -0.25) is 4.79 Å². The summed E-state index contributed by atoms with van der Waals surface area (Å²) in [7, 11) is 1.15. The number of benzene rings is 2. The Morgan fingerprint density at radius 1 is 1.00 bits per heavy atom. The van der Waals surface area contributed by atoms with Gasteiger partial charge in [-0.2, -0.15) is 0 Å². The molecule has 1 fully saturated rings. The van der Waals surface area contributed by atoms with Gasteiger partial charge >= 0.3 is 5.97 Å². The van der Waals surface area contributed by atoms with Crippen LogP contribution in [0.2, 0.25) is 0 Å². The van der Waals surface area contributed by atoms with Gasteiger partial charge in [-0.05, 0) is 29.8 Å². The number of carbonyl (C=O) groups excluding carboxylic acids is 1. The molecule has 1 saturated heterocycles. The van der Waals surface area contributed by atoms with Crippen molar-refractivity contribution in [1.82, 2.24) is 0 Å². The van der Waals surface area contributed by atoms with Crippen molar-refractivity contribution in [2.24, 2.45) is 0 Å². The van der Waals surface area contributed by atoms with Gasteiger partial charge < -0.3 is 48.5 Å². The summed E-state index contributed by atoms with van der Waals surface area (Å²) in [4.78, 5) is 26.1. The van der Waals surface area contributed by atoms with E-state index in [4.69, 9.17) is 28.1 Å². The molecule has 196 valence electrons. The van der Waals surface area contributed by atoms with Crippen molar-refractivity contribution in [2.75, 3.05) is 26.9 Å². The highest BCUT2D eigenvalue weighted by molar-refractivity contribution is 5.98. The first-order valence-electron chi connectivity index (χ1n) is 11.4. The Balaban J connectivity index is 1.55. The maximum absolute atomic E-state index is 13.5. The van der Waals surface area contributed by atoms with E-state index < -0.39 is 48.7 Å². The number of carbonyl (C=O) groups is 1. The third kappa shape index (κ3) is 4.49. The standard InChI is InChI=1S/C25H24O12/c1-32-24(31)23-18(11-2-5-14-16(8-11)34-7-6-33-14)19(27)13-4-3-12(9-15(13)36-23)35-25-22(30)21(29)20(28)17(10-26)37-25/h2-5,8-9,17,20-22,25-26,28-30H,6-7,10H2,1H3/t17-,20-,21-,22-,25+/m1/s1. The van der Waals surface area contributed by atoms with Crippen LogP contribution in [0.25, 0.3) is 22.1 Å². The van der Waals surface area contributed by atoms with Crippen LogP contribution < -0.4 is 19.6 Å². The van der Waals surface area contributed by atoms with Gasteiger partial charge in [-0.1, -0.05) is 6.07 Å². The van der Waals surface area contributed by atoms with Gasteiger partial charge in [0.2, 0.25) is 17.5 Å². The molecule has 1 aromatic heterocycles. The molecule has 0 radical (unpaired) electrons. The highest BCUT2D eigenvalue weighted by Crippen LogP contribution is 2.36. The number of ether oxygens (including phenoxy) is 5. The van der Waals surface area contributed by atoms with E-state index in [9.17, 15) is 30.0 Å². The monoisotopic (exact) mass is 516 g/mol. The fourth-order valence-electron chi connectivity index (χ4n) is 4.24. The minimum Gasteiger partial charge on any atom is -0.486 e. The Morgan fingerprint density at radius 2 is 1.76 bits per heavy atom. The Bertz CT molecular complexity index is 1380. The molecule has 2 aromatic carbocycles. The molecule has 0 saturated carbocycles. The van der Waals surface area contributed by atoms with Crippen molar-refractivity contribution >= 4 is 16.9 Å². The van der Waals surface area contributed by atoms with Crippen LogP contribution in [-0.2, 0) is 9.47 Å². The maximum atomic E-state index is 13.5. The van der Waals surface area contributed by atoms with Gasteiger partial charge in [0.05, 0.1) is 24.7 Å². The Morgan fingerprint density at radius 3 is 2.49 bits per heavy atom. The average molecular weight is 516 g/mol. The lowest BCUT2D eigenvalue weighted by Crippen LogP contribution is -2.60. The number of aliphatic hydroxyl groups excluding tert-OH is 4. The average Bonchev–Trinajstić information content (AvgIpc) is 2.92. The molecule has 0 aliphatic carbocycles. The fraction of sp³-hybridized carbons (Fsp3) is 0.360. The van der Waals surface area contributed by atoms with Crippen molar-refractivity contribution in [3.63, 3.8) is 0 Å². The van der Waals surface area contributed by atoms with Crippen LogP contribution in [0.3, 0.4) is 0 Å². The summed E-state index contributed by atoms with van der Waals surface area (Å²) in [6.45, 7) is 0.109. The SMILES string of the molecule is COC(=O)c1oc2cc(O[C@H]3O[C@H](CO)[C@@H](O)[C@@H](O)[C@H]3O)ccc2c(=O)c1-c1ccc2c(c1)OCCO2. The number of rotatable bonds is 5. The molecule has 5 rings (SSSR count). The van der Waals surface area contributed by atoms with Crippen LogP contribution in [0.4, 0.5) is 0 Å². The number of esters is 1. The van der Waals surface area contributed by atoms with Gasteiger partial charge in [0.25, 0.3) is 0 Å². The molecule has 2 aliphatic heterocycles. The predicted molar refractivity (Wildman–Crippen MR) is 125 cm³/mol. The third-order valence-corrected chi connectivity index (χ3v) is 6.17. The van der Waals surface area contributed by atoms with Crippen molar-refractivity contribution in [3.8, 4) is 28.4 Å². The topological polar surface area (TPSA) is 174 Å². The van der Waals surface area contributed by atoms with E-state index in [1.165, 1.54) is 18.2 Å². The summed E-state index contributed by atoms with van der Waals surface area (Å²) in [6, 6.07) is 8.93. The number of aliphatic hydroxyl groups is 4. The number of hydrogen-bond donors (Lipinski definition) is 4. The number of hydrogen-bond acceptors (Lipinski definition) is 12. The highest BCUT2D eigenvalue weighted by Gasteiger charge is 2.44. The zero-order chi connectivity index (χ0) is 26.3. The first-order chi connectivity index (χ1) is 17.8. The van der Waals surface area contributed by atoms with Crippen molar-refractivity contribution in [2.45, 2.75) is 30.7 Å². The minimum absolute atomic E-state index is 0.0196. The molecule has 0 amide bonds. The second-order valence-corrected chi connectivity index (χ2v) is 8.46. The first kappa shape index (κ1) is 25.0. The van der Waals surface area contributed by atoms with Gasteiger partial charge in [-0.15, -0.1) is 0 Å². The predicted octanol–water partition coefficient (Wildman–Crippen LogP) is 0.196. The normalized spacial score (nSPS) is 25.1. The van der Waals surface area contributed by atoms with Crippen molar-refractivity contribution in [3.05, 3.63) is 52.4 Å². The molecule has 5 atom stereocenters. The zero-order valence-corrected chi connectivity index (χ0v) is 19.5. The first-order valence-corrected chi connectivity index (χ1v) is 11.4. The van der Waals surface area contributed by atoms with Crippen molar-refractivity contribution < 1.29 is 53.3 Å².